The quantitative estimate of drug-likeness (QED) is 0.702. The van der Waals surface area contributed by atoms with Crippen molar-refractivity contribution in [1.82, 2.24) is 0 Å². The lowest BCUT2D eigenvalue weighted by Crippen LogP contribution is -2.22. The van der Waals surface area contributed by atoms with Gasteiger partial charge in [-0.05, 0) is 45.2 Å². The molecule has 2 nitrogen and oxygen atoms in total. The van der Waals surface area contributed by atoms with Gasteiger partial charge in [0.15, 0.2) is 0 Å². The average molecular weight is 341 g/mol. The van der Waals surface area contributed by atoms with Crippen molar-refractivity contribution in [1.29, 1.82) is 0 Å². The SMILES string of the molecule is CC(C)(C)c1cc(C(C)(C)c2ccc(O)c(C(C)(C)C)c2)ccc1O. The normalized spacial score (nSPS) is 13.1. The van der Waals surface area contributed by atoms with Gasteiger partial charge in [0.25, 0.3) is 0 Å². The highest BCUT2D eigenvalue weighted by molar-refractivity contribution is 5.49. The Hall–Kier alpha value is -1.96. The van der Waals surface area contributed by atoms with Crippen LogP contribution >= 0.6 is 0 Å². The minimum atomic E-state index is -0.235. The second-order valence-corrected chi connectivity index (χ2v) is 9.59. The Labute approximate surface area is 152 Å². The predicted octanol–water partition coefficient (Wildman–Crippen LogP) is 6.02. The Morgan fingerprint density at radius 3 is 1.16 bits per heavy atom. The molecule has 136 valence electrons. The van der Waals surface area contributed by atoms with Crippen molar-refractivity contribution in [3.63, 3.8) is 0 Å². The van der Waals surface area contributed by atoms with Crippen LogP contribution in [0.5, 0.6) is 11.5 Å². The molecule has 0 unspecified atom stereocenters. The van der Waals surface area contributed by atoms with Gasteiger partial charge < -0.3 is 10.2 Å². The van der Waals surface area contributed by atoms with Crippen LogP contribution in [0, 0.1) is 0 Å². The average Bonchev–Trinajstić information content (AvgIpc) is 2.45. The summed E-state index contributed by atoms with van der Waals surface area (Å²) in [4.78, 5) is 0. The van der Waals surface area contributed by atoms with E-state index in [2.05, 4.69) is 67.5 Å². The van der Waals surface area contributed by atoms with Crippen LogP contribution in [0.1, 0.15) is 77.6 Å². The minimum Gasteiger partial charge on any atom is -0.508 e. The van der Waals surface area contributed by atoms with E-state index in [0.29, 0.717) is 11.5 Å². The fraction of sp³-hybridized carbons (Fsp3) is 0.478. The van der Waals surface area contributed by atoms with E-state index in [1.807, 2.05) is 12.1 Å². The fourth-order valence-electron chi connectivity index (χ4n) is 3.22. The summed E-state index contributed by atoms with van der Waals surface area (Å²) in [7, 11) is 0. The third kappa shape index (κ3) is 3.84. The van der Waals surface area contributed by atoms with E-state index in [4.69, 9.17) is 0 Å². The number of rotatable bonds is 2. The monoisotopic (exact) mass is 340 g/mol. The lowest BCUT2D eigenvalue weighted by molar-refractivity contribution is 0.444. The summed E-state index contributed by atoms with van der Waals surface area (Å²) in [5.41, 5.74) is 3.73. The smallest absolute Gasteiger partial charge is 0.119 e. The molecule has 0 saturated heterocycles. The summed E-state index contributed by atoms with van der Waals surface area (Å²) >= 11 is 0. The molecule has 0 radical (unpaired) electrons. The summed E-state index contributed by atoms with van der Waals surface area (Å²) in [5.74, 6) is 0.682. The molecule has 0 saturated carbocycles. The summed E-state index contributed by atoms with van der Waals surface area (Å²) in [6.45, 7) is 17.0. The van der Waals surface area contributed by atoms with Crippen molar-refractivity contribution < 1.29 is 10.2 Å². The molecular formula is C23H32O2. The van der Waals surface area contributed by atoms with Gasteiger partial charge in [-0.2, -0.15) is 0 Å². The van der Waals surface area contributed by atoms with Gasteiger partial charge in [-0.3, -0.25) is 0 Å². The van der Waals surface area contributed by atoms with Gasteiger partial charge >= 0.3 is 0 Å². The standard InChI is InChI=1S/C23H32O2/c1-21(2,3)17-13-15(9-11-19(17)24)23(7,8)16-10-12-20(25)18(14-16)22(4,5)6/h9-14,24-25H,1-8H3. The maximum atomic E-state index is 10.3. The summed E-state index contributed by atoms with van der Waals surface area (Å²) in [5, 5.41) is 20.5. The minimum absolute atomic E-state index is 0.123. The van der Waals surface area contributed by atoms with Gasteiger partial charge in [0.05, 0.1) is 0 Å². The molecule has 25 heavy (non-hydrogen) atoms. The highest BCUT2D eigenvalue weighted by atomic mass is 16.3. The van der Waals surface area contributed by atoms with Crippen LogP contribution in [0.25, 0.3) is 0 Å². The molecule has 2 aromatic carbocycles. The van der Waals surface area contributed by atoms with Crippen molar-refractivity contribution in [2.24, 2.45) is 0 Å². The van der Waals surface area contributed by atoms with E-state index in [1.165, 1.54) is 0 Å². The summed E-state index contributed by atoms with van der Waals surface area (Å²) < 4.78 is 0. The van der Waals surface area contributed by atoms with E-state index in [-0.39, 0.29) is 16.2 Å². The van der Waals surface area contributed by atoms with Gasteiger partial charge in [-0.1, -0.05) is 79.7 Å². The van der Waals surface area contributed by atoms with E-state index in [9.17, 15) is 10.2 Å². The van der Waals surface area contributed by atoms with Crippen LogP contribution in [0.15, 0.2) is 36.4 Å². The molecule has 2 rings (SSSR count). The largest absolute Gasteiger partial charge is 0.508 e. The highest BCUT2D eigenvalue weighted by Crippen LogP contribution is 2.40. The molecule has 0 fully saturated rings. The van der Waals surface area contributed by atoms with Crippen molar-refractivity contribution in [3.8, 4) is 11.5 Å². The van der Waals surface area contributed by atoms with Crippen LogP contribution in [0.3, 0.4) is 0 Å². The van der Waals surface area contributed by atoms with E-state index in [0.717, 1.165) is 22.3 Å². The fourth-order valence-corrected chi connectivity index (χ4v) is 3.22. The Morgan fingerprint density at radius 2 is 0.880 bits per heavy atom. The van der Waals surface area contributed by atoms with E-state index < -0.39 is 0 Å². The molecule has 0 aliphatic heterocycles. The topological polar surface area (TPSA) is 40.5 Å². The molecule has 0 aliphatic rings. The molecular weight excluding hydrogens is 308 g/mol. The van der Waals surface area contributed by atoms with Gasteiger partial charge in [0, 0.05) is 5.41 Å². The molecule has 0 bridgehead atoms. The van der Waals surface area contributed by atoms with Crippen LogP contribution < -0.4 is 0 Å². The Morgan fingerprint density at radius 1 is 0.560 bits per heavy atom. The van der Waals surface area contributed by atoms with E-state index >= 15 is 0 Å². The van der Waals surface area contributed by atoms with Crippen LogP contribution in [-0.4, -0.2) is 10.2 Å². The van der Waals surface area contributed by atoms with Crippen LogP contribution in [0.2, 0.25) is 0 Å². The zero-order valence-electron chi connectivity index (χ0n) is 16.9. The number of phenols is 2. The van der Waals surface area contributed by atoms with Gasteiger partial charge in [0.1, 0.15) is 11.5 Å². The molecule has 2 heteroatoms. The third-order valence-corrected chi connectivity index (χ3v) is 5.05. The first kappa shape index (κ1) is 19.4. The second-order valence-electron chi connectivity index (χ2n) is 9.59. The number of benzene rings is 2. The first-order chi connectivity index (χ1) is 11.2. The molecule has 0 atom stereocenters. The lowest BCUT2D eigenvalue weighted by atomic mass is 9.73. The first-order valence-electron chi connectivity index (χ1n) is 8.92. The molecule has 0 spiro atoms. The molecule has 0 heterocycles. The third-order valence-electron chi connectivity index (χ3n) is 5.05. The Balaban J connectivity index is 2.60. The van der Waals surface area contributed by atoms with Gasteiger partial charge in [-0.15, -0.1) is 0 Å². The van der Waals surface area contributed by atoms with Gasteiger partial charge in [-0.25, -0.2) is 0 Å². The highest BCUT2D eigenvalue weighted by Gasteiger charge is 2.28. The maximum Gasteiger partial charge on any atom is 0.119 e. The first-order valence-corrected chi connectivity index (χ1v) is 8.92. The molecule has 0 amide bonds. The molecule has 2 N–H and O–H groups in total. The van der Waals surface area contributed by atoms with E-state index in [1.54, 1.807) is 12.1 Å². The number of hydrogen-bond donors (Lipinski definition) is 2. The zero-order valence-corrected chi connectivity index (χ0v) is 16.9. The Bertz CT molecular complexity index is 706. The van der Waals surface area contributed by atoms with Crippen LogP contribution in [-0.2, 0) is 16.2 Å². The number of aromatic hydroxyl groups is 2. The zero-order chi connectivity index (χ0) is 19.2. The van der Waals surface area contributed by atoms with Crippen molar-refractivity contribution >= 4 is 0 Å². The Kier molecular flexibility index (Phi) is 4.71. The second kappa shape index (κ2) is 6.09. The lowest BCUT2D eigenvalue weighted by Gasteiger charge is -2.31. The number of hydrogen-bond acceptors (Lipinski definition) is 2. The van der Waals surface area contributed by atoms with Crippen molar-refractivity contribution in [2.75, 3.05) is 0 Å². The van der Waals surface area contributed by atoms with Crippen molar-refractivity contribution in [2.45, 2.75) is 71.6 Å². The van der Waals surface area contributed by atoms with Gasteiger partial charge in [0.2, 0.25) is 0 Å². The predicted molar refractivity (Wildman–Crippen MR) is 106 cm³/mol. The summed E-state index contributed by atoms with van der Waals surface area (Å²) in [6, 6.07) is 11.8. The molecule has 2 aromatic rings. The maximum absolute atomic E-state index is 10.3. The van der Waals surface area contributed by atoms with Crippen LogP contribution in [0.4, 0.5) is 0 Å². The number of phenolic OH excluding ortho intramolecular Hbond substituents is 2. The van der Waals surface area contributed by atoms with Crippen molar-refractivity contribution in [3.05, 3.63) is 58.7 Å². The molecule has 0 aromatic heterocycles. The summed E-state index contributed by atoms with van der Waals surface area (Å²) in [6.07, 6.45) is 0. The molecule has 0 aliphatic carbocycles.